The molecule has 1 atom stereocenters. The molecule has 1 heterocycles. The van der Waals surface area contributed by atoms with Crippen molar-refractivity contribution >= 4 is 17.4 Å². The molecular formula is C31H34N2O6. The second-order valence-corrected chi connectivity index (χ2v) is 9.71. The third kappa shape index (κ3) is 6.07. The Morgan fingerprint density at radius 2 is 1.74 bits per heavy atom. The summed E-state index contributed by atoms with van der Waals surface area (Å²) < 4.78 is 11.5. The molecule has 1 aliphatic rings. The molecule has 8 heteroatoms. The normalized spacial score (nSPS) is 16.6. The predicted octanol–water partition coefficient (Wildman–Crippen LogP) is 4.66. The van der Waals surface area contributed by atoms with Crippen LogP contribution in [-0.4, -0.2) is 65.5 Å². The lowest BCUT2D eigenvalue weighted by molar-refractivity contribution is -0.140. The molecule has 1 aliphatic heterocycles. The third-order valence-electron chi connectivity index (χ3n) is 6.63. The Morgan fingerprint density at radius 3 is 2.41 bits per heavy atom. The second-order valence-electron chi connectivity index (χ2n) is 9.71. The lowest BCUT2D eigenvalue weighted by Crippen LogP contribution is -2.35. The molecule has 0 spiro atoms. The summed E-state index contributed by atoms with van der Waals surface area (Å²) in [6, 6.07) is 18.9. The number of ether oxygens (including phenoxy) is 2. The zero-order valence-corrected chi connectivity index (χ0v) is 22.7. The van der Waals surface area contributed by atoms with E-state index in [0.717, 1.165) is 5.56 Å². The predicted molar refractivity (Wildman–Crippen MR) is 149 cm³/mol. The van der Waals surface area contributed by atoms with Crippen LogP contribution in [0, 0.1) is 6.92 Å². The topological polar surface area (TPSA) is 99.5 Å². The van der Waals surface area contributed by atoms with Crippen LogP contribution < -0.4 is 9.47 Å². The van der Waals surface area contributed by atoms with Gasteiger partial charge in [0, 0.05) is 18.7 Å². The summed E-state index contributed by atoms with van der Waals surface area (Å²) >= 11 is 0. The molecule has 8 nitrogen and oxygen atoms in total. The standard InChI is InChI=1S/C31H34N2O6/c1-5-38-26-18-22(11-14-25(26)34)28-27(30(36)31(37)33(28)16-15-32(3)4)29(35)24-13-12-23(17-20(24)2)39-19-21-9-7-6-8-10-21/h6-14,17-18,28,34-35H,5,15-16,19H2,1-4H3/t28-/m0/s1. The number of hydrogen-bond acceptors (Lipinski definition) is 7. The molecule has 0 aromatic heterocycles. The third-order valence-corrected chi connectivity index (χ3v) is 6.63. The van der Waals surface area contributed by atoms with E-state index in [2.05, 4.69) is 0 Å². The van der Waals surface area contributed by atoms with E-state index < -0.39 is 17.7 Å². The van der Waals surface area contributed by atoms with Gasteiger partial charge in [0.05, 0.1) is 18.2 Å². The summed E-state index contributed by atoms with van der Waals surface area (Å²) in [6.07, 6.45) is 0. The number of carbonyl (C=O) groups is 2. The summed E-state index contributed by atoms with van der Waals surface area (Å²) in [6.45, 7) is 5.13. The number of aromatic hydroxyl groups is 1. The summed E-state index contributed by atoms with van der Waals surface area (Å²) in [5.74, 6) is -0.891. The smallest absolute Gasteiger partial charge is 0.295 e. The van der Waals surface area contributed by atoms with Crippen molar-refractivity contribution in [3.8, 4) is 17.2 Å². The number of rotatable bonds is 10. The fourth-order valence-corrected chi connectivity index (χ4v) is 4.61. The van der Waals surface area contributed by atoms with Crippen LogP contribution in [0.15, 0.2) is 72.3 Å². The molecule has 1 amide bonds. The Hall–Kier alpha value is -4.30. The van der Waals surface area contributed by atoms with Crippen LogP contribution in [0.3, 0.4) is 0 Å². The van der Waals surface area contributed by atoms with Gasteiger partial charge in [-0.1, -0.05) is 36.4 Å². The number of nitrogens with zero attached hydrogens (tertiary/aromatic N) is 2. The first-order valence-corrected chi connectivity index (χ1v) is 12.9. The quantitative estimate of drug-likeness (QED) is 0.223. The monoisotopic (exact) mass is 530 g/mol. The van der Waals surface area contributed by atoms with Crippen LogP contribution in [0.4, 0.5) is 0 Å². The molecule has 204 valence electrons. The van der Waals surface area contributed by atoms with Crippen molar-refractivity contribution in [3.05, 3.63) is 94.6 Å². The van der Waals surface area contributed by atoms with Gasteiger partial charge in [0.15, 0.2) is 11.5 Å². The number of phenols is 1. The molecule has 2 N–H and O–H groups in total. The number of benzene rings is 3. The van der Waals surface area contributed by atoms with Crippen LogP contribution >= 0.6 is 0 Å². The maximum absolute atomic E-state index is 13.3. The number of hydrogen-bond donors (Lipinski definition) is 2. The number of aliphatic hydroxyl groups excluding tert-OH is 1. The lowest BCUT2D eigenvalue weighted by atomic mass is 9.93. The molecule has 1 saturated heterocycles. The van der Waals surface area contributed by atoms with Crippen LogP contribution in [0.2, 0.25) is 0 Å². The molecule has 4 rings (SSSR count). The van der Waals surface area contributed by atoms with Gasteiger partial charge in [-0.25, -0.2) is 0 Å². The van der Waals surface area contributed by atoms with Gasteiger partial charge in [-0.2, -0.15) is 0 Å². The van der Waals surface area contributed by atoms with E-state index in [-0.39, 0.29) is 29.4 Å². The SMILES string of the molecule is CCOc1cc([C@H]2C(=C(O)c3ccc(OCc4ccccc4)cc3C)C(=O)C(=O)N2CCN(C)C)ccc1O. The van der Waals surface area contributed by atoms with Crippen molar-refractivity contribution in [1.82, 2.24) is 9.80 Å². The van der Waals surface area contributed by atoms with Crippen molar-refractivity contribution in [2.45, 2.75) is 26.5 Å². The van der Waals surface area contributed by atoms with E-state index in [9.17, 15) is 19.8 Å². The van der Waals surface area contributed by atoms with Crippen molar-refractivity contribution in [2.24, 2.45) is 0 Å². The van der Waals surface area contributed by atoms with Crippen LogP contribution in [0.1, 0.15) is 35.2 Å². The highest BCUT2D eigenvalue weighted by atomic mass is 16.5. The molecule has 0 bridgehead atoms. The average molecular weight is 531 g/mol. The highest BCUT2D eigenvalue weighted by Crippen LogP contribution is 2.42. The Morgan fingerprint density at radius 1 is 1.00 bits per heavy atom. The number of aliphatic hydroxyl groups is 1. The molecule has 0 aliphatic carbocycles. The van der Waals surface area contributed by atoms with Gasteiger partial charge in [-0.3, -0.25) is 9.59 Å². The minimum absolute atomic E-state index is 0.00653. The molecule has 0 unspecified atom stereocenters. The lowest BCUT2D eigenvalue weighted by Gasteiger charge is -2.27. The van der Waals surface area contributed by atoms with Crippen molar-refractivity contribution in [3.63, 3.8) is 0 Å². The van der Waals surface area contributed by atoms with E-state index in [0.29, 0.717) is 42.2 Å². The van der Waals surface area contributed by atoms with Gasteiger partial charge in [0.25, 0.3) is 11.7 Å². The van der Waals surface area contributed by atoms with E-state index in [4.69, 9.17) is 9.47 Å². The Bertz CT molecular complexity index is 1380. The van der Waals surface area contributed by atoms with E-state index in [1.165, 1.54) is 11.0 Å². The number of aryl methyl sites for hydroxylation is 1. The maximum Gasteiger partial charge on any atom is 0.295 e. The summed E-state index contributed by atoms with van der Waals surface area (Å²) in [4.78, 5) is 29.9. The summed E-state index contributed by atoms with van der Waals surface area (Å²) in [5.41, 5.74) is 2.70. The molecule has 3 aromatic carbocycles. The molecule has 39 heavy (non-hydrogen) atoms. The van der Waals surface area contributed by atoms with Gasteiger partial charge in [0.2, 0.25) is 0 Å². The molecule has 0 saturated carbocycles. The largest absolute Gasteiger partial charge is 0.507 e. The number of ketones is 1. The van der Waals surface area contributed by atoms with Crippen LogP contribution in [0.25, 0.3) is 5.76 Å². The molecule has 0 radical (unpaired) electrons. The number of Topliss-reactive ketones (excluding diaryl/α,β-unsaturated/α-hetero) is 1. The fraction of sp³-hybridized carbons (Fsp3) is 0.290. The highest BCUT2D eigenvalue weighted by Gasteiger charge is 2.46. The first-order chi connectivity index (χ1) is 18.7. The van der Waals surface area contributed by atoms with E-state index >= 15 is 0 Å². The zero-order valence-electron chi connectivity index (χ0n) is 22.7. The number of likely N-dealkylation sites (N-methyl/N-ethyl adjacent to an activating group) is 1. The summed E-state index contributed by atoms with van der Waals surface area (Å²) in [7, 11) is 3.76. The van der Waals surface area contributed by atoms with Crippen LogP contribution in [0.5, 0.6) is 17.2 Å². The Balaban J connectivity index is 1.74. The molecule has 1 fully saturated rings. The van der Waals surface area contributed by atoms with Crippen molar-refractivity contribution in [2.75, 3.05) is 33.8 Å². The van der Waals surface area contributed by atoms with Gasteiger partial charge >= 0.3 is 0 Å². The number of likely N-dealkylation sites (tertiary alicyclic amines) is 1. The first-order valence-electron chi connectivity index (χ1n) is 12.9. The number of phenolic OH excluding ortho intramolecular Hbond substituents is 1. The highest BCUT2D eigenvalue weighted by molar-refractivity contribution is 6.46. The van der Waals surface area contributed by atoms with Gasteiger partial charge in [0.1, 0.15) is 18.1 Å². The Kier molecular flexibility index (Phi) is 8.56. The van der Waals surface area contributed by atoms with E-state index in [1.807, 2.05) is 56.3 Å². The van der Waals surface area contributed by atoms with Crippen LogP contribution in [-0.2, 0) is 16.2 Å². The summed E-state index contributed by atoms with van der Waals surface area (Å²) in [5, 5.41) is 21.7. The van der Waals surface area contributed by atoms with Gasteiger partial charge in [-0.05, 0) is 75.0 Å². The Labute approximate surface area is 228 Å². The minimum atomic E-state index is -0.849. The van der Waals surface area contributed by atoms with Gasteiger partial charge in [-0.15, -0.1) is 0 Å². The average Bonchev–Trinajstić information content (AvgIpc) is 3.17. The number of amides is 1. The second kappa shape index (κ2) is 12.0. The molecule has 3 aromatic rings. The van der Waals surface area contributed by atoms with Crippen molar-refractivity contribution < 1.29 is 29.3 Å². The molecular weight excluding hydrogens is 496 g/mol. The number of carbonyl (C=O) groups excluding carboxylic acids is 2. The van der Waals surface area contributed by atoms with E-state index in [1.54, 1.807) is 37.3 Å². The fourth-order valence-electron chi connectivity index (χ4n) is 4.61. The maximum atomic E-state index is 13.3. The zero-order chi connectivity index (χ0) is 28.1. The first kappa shape index (κ1) is 27.7. The van der Waals surface area contributed by atoms with Gasteiger partial charge < -0.3 is 29.5 Å². The minimum Gasteiger partial charge on any atom is -0.507 e. The van der Waals surface area contributed by atoms with Crippen molar-refractivity contribution in [1.29, 1.82) is 0 Å².